The molecule has 0 aliphatic rings. The van der Waals surface area contributed by atoms with Crippen molar-refractivity contribution in [2.75, 3.05) is 13.1 Å². The van der Waals surface area contributed by atoms with Gasteiger partial charge in [0.2, 0.25) is 0 Å². The first-order valence-corrected chi connectivity index (χ1v) is 5.98. The van der Waals surface area contributed by atoms with Crippen molar-refractivity contribution in [1.29, 1.82) is 0 Å². The van der Waals surface area contributed by atoms with Gasteiger partial charge < -0.3 is 5.32 Å². The fraction of sp³-hybridized carbons (Fsp3) is 1.00. The standard InChI is InChI=1S/C12H27N/c1-4-5-7-10-13-11-8-6-9-12(2)3/h12-13H,4-11H2,1-3H3. The molecule has 0 aliphatic carbocycles. The van der Waals surface area contributed by atoms with Gasteiger partial charge in [0.15, 0.2) is 0 Å². The molecule has 80 valence electrons. The van der Waals surface area contributed by atoms with Crippen LogP contribution >= 0.6 is 0 Å². The fourth-order valence-electron chi connectivity index (χ4n) is 1.43. The normalized spacial score (nSPS) is 11.1. The predicted octanol–water partition coefficient (Wildman–Crippen LogP) is 3.59. The Kier molecular flexibility index (Phi) is 10.0. The van der Waals surface area contributed by atoms with Gasteiger partial charge in [0.25, 0.3) is 0 Å². The topological polar surface area (TPSA) is 12.0 Å². The Morgan fingerprint density at radius 3 is 2.08 bits per heavy atom. The van der Waals surface area contributed by atoms with E-state index in [-0.39, 0.29) is 0 Å². The van der Waals surface area contributed by atoms with Gasteiger partial charge in [-0.2, -0.15) is 0 Å². The average molecular weight is 185 g/mol. The molecule has 0 amide bonds. The molecule has 0 aromatic rings. The van der Waals surface area contributed by atoms with E-state index >= 15 is 0 Å². The maximum atomic E-state index is 3.49. The maximum absolute atomic E-state index is 3.49. The molecule has 0 saturated heterocycles. The molecule has 1 N–H and O–H groups in total. The molecule has 0 bridgehead atoms. The summed E-state index contributed by atoms with van der Waals surface area (Å²) in [6.07, 6.45) is 8.17. The van der Waals surface area contributed by atoms with Crippen molar-refractivity contribution in [2.45, 2.75) is 59.3 Å². The monoisotopic (exact) mass is 185 g/mol. The second-order valence-corrected chi connectivity index (χ2v) is 4.35. The van der Waals surface area contributed by atoms with Gasteiger partial charge >= 0.3 is 0 Å². The molecule has 0 fully saturated rings. The van der Waals surface area contributed by atoms with Crippen molar-refractivity contribution < 1.29 is 0 Å². The van der Waals surface area contributed by atoms with E-state index in [2.05, 4.69) is 26.1 Å². The summed E-state index contributed by atoms with van der Waals surface area (Å²) in [6.45, 7) is 9.29. The van der Waals surface area contributed by atoms with Crippen LogP contribution in [-0.2, 0) is 0 Å². The van der Waals surface area contributed by atoms with Crippen LogP contribution in [0.4, 0.5) is 0 Å². The Hall–Kier alpha value is -0.0400. The van der Waals surface area contributed by atoms with Crippen LogP contribution in [0.2, 0.25) is 0 Å². The minimum absolute atomic E-state index is 0.875. The van der Waals surface area contributed by atoms with Crippen LogP contribution in [0.15, 0.2) is 0 Å². The minimum atomic E-state index is 0.875. The first kappa shape index (κ1) is 13.0. The fourth-order valence-corrected chi connectivity index (χ4v) is 1.43. The van der Waals surface area contributed by atoms with E-state index in [1.807, 2.05) is 0 Å². The summed E-state index contributed by atoms with van der Waals surface area (Å²) in [6, 6.07) is 0. The van der Waals surface area contributed by atoms with Gasteiger partial charge in [-0.1, -0.05) is 46.5 Å². The van der Waals surface area contributed by atoms with E-state index in [0.717, 1.165) is 5.92 Å². The molecular formula is C12H27N. The van der Waals surface area contributed by atoms with E-state index < -0.39 is 0 Å². The van der Waals surface area contributed by atoms with Crippen molar-refractivity contribution in [3.05, 3.63) is 0 Å². The van der Waals surface area contributed by atoms with Crippen molar-refractivity contribution in [1.82, 2.24) is 5.32 Å². The summed E-state index contributed by atoms with van der Waals surface area (Å²) >= 11 is 0. The second-order valence-electron chi connectivity index (χ2n) is 4.35. The molecule has 0 radical (unpaired) electrons. The zero-order valence-corrected chi connectivity index (χ0v) is 9.73. The first-order chi connectivity index (χ1) is 6.27. The molecule has 1 nitrogen and oxygen atoms in total. The van der Waals surface area contributed by atoms with E-state index in [4.69, 9.17) is 0 Å². The molecule has 0 spiro atoms. The van der Waals surface area contributed by atoms with E-state index in [1.54, 1.807) is 0 Å². The molecule has 0 aromatic carbocycles. The van der Waals surface area contributed by atoms with Gasteiger partial charge in [0.1, 0.15) is 0 Å². The number of nitrogens with one attached hydrogen (secondary N) is 1. The second kappa shape index (κ2) is 10.0. The smallest absolute Gasteiger partial charge is 0.00489 e. The van der Waals surface area contributed by atoms with Crippen LogP contribution in [0.25, 0.3) is 0 Å². The maximum Gasteiger partial charge on any atom is -0.00489 e. The molecule has 13 heavy (non-hydrogen) atoms. The molecule has 0 aromatic heterocycles. The van der Waals surface area contributed by atoms with Crippen LogP contribution in [0.1, 0.15) is 59.3 Å². The highest BCUT2D eigenvalue weighted by Crippen LogP contribution is 2.04. The van der Waals surface area contributed by atoms with E-state index in [1.165, 1.54) is 51.6 Å². The molecular weight excluding hydrogens is 158 g/mol. The summed E-state index contributed by atoms with van der Waals surface area (Å²) in [5.74, 6) is 0.875. The van der Waals surface area contributed by atoms with Crippen LogP contribution < -0.4 is 5.32 Å². The number of hydrogen-bond donors (Lipinski definition) is 1. The molecule has 0 aliphatic heterocycles. The highest BCUT2D eigenvalue weighted by atomic mass is 14.8. The van der Waals surface area contributed by atoms with Crippen molar-refractivity contribution in [3.63, 3.8) is 0 Å². The average Bonchev–Trinajstić information content (AvgIpc) is 2.09. The molecule has 0 rings (SSSR count). The summed E-state index contributed by atoms with van der Waals surface area (Å²) in [7, 11) is 0. The van der Waals surface area contributed by atoms with Crippen molar-refractivity contribution in [3.8, 4) is 0 Å². The zero-order chi connectivity index (χ0) is 9.94. The number of rotatable bonds is 9. The zero-order valence-electron chi connectivity index (χ0n) is 9.73. The van der Waals surface area contributed by atoms with Gasteiger partial charge in [-0.15, -0.1) is 0 Å². The van der Waals surface area contributed by atoms with Gasteiger partial charge in [0.05, 0.1) is 0 Å². The summed E-state index contributed by atoms with van der Waals surface area (Å²) in [5.41, 5.74) is 0. The predicted molar refractivity (Wildman–Crippen MR) is 61.1 cm³/mol. The quantitative estimate of drug-likeness (QED) is 0.541. The molecule has 0 atom stereocenters. The Bertz CT molecular complexity index is 89.1. The van der Waals surface area contributed by atoms with Gasteiger partial charge in [0, 0.05) is 0 Å². The third kappa shape index (κ3) is 12.0. The lowest BCUT2D eigenvalue weighted by Crippen LogP contribution is -2.16. The summed E-state index contributed by atoms with van der Waals surface area (Å²) < 4.78 is 0. The van der Waals surface area contributed by atoms with E-state index in [0.29, 0.717) is 0 Å². The van der Waals surface area contributed by atoms with Crippen LogP contribution in [-0.4, -0.2) is 13.1 Å². The first-order valence-electron chi connectivity index (χ1n) is 5.98. The Labute approximate surface area is 84.3 Å². The largest absolute Gasteiger partial charge is 0.317 e. The van der Waals surface area contributed by atoms with E-state index in [9.17, 15) is 0 Å². The molecule has 1 heteroatoms. The SMILES string of the molecule is CCCCCNCCCCC(C)C. The van der Waals surface area contributed by atoms with Crippen molar-refractivity contribution >= 4 is 0 Å². The minimum Gasteiger partial charge on any atom is -0.317 e. The highest BCUT2D eigenvalue weighted by Gasteiger charge is 1.93. The molecule has 0 heterocycles. The lowest BCUT2D eigenvalue weighted by atomic mass is 10.1. The lowest BCUT2D eigenvalue weighted by molar-refractivity contribution is 0.515. The van der Waals surface area contributed by atoms with Gasteiger partial charge in [-0.3, -0.25) is 0 Å². The Morgan fingerprint density at radius 1 is 0.923 bits per heavy atom. The Balaban J connectivity index is 2.84. The van der Waals surface area contributed by atoms with Crippen LogP contribution in [0.5, 0.6) is 0 Å². The molecule has 0 saturated carbocycles. The third-order valence-corrected chi connectivity index (χ3v) is 2.34. The lowest BCUT2D eigenvalue weighted by Gasteiger charge is -2.05. The Morgan fingerprint density at radius 2 is 1.54 bits per heavy atom. The van der Waals surface area contributed by atoms with Crippen LogP contribution in [0, 0.1) is 5.92 Å². The van der Waals surface area contributed by atoms with Crippen LogP contribution in [0.3, 0.4) is 0 Å². The molecule has 0 unspecified atom stereocenters. The summed E-state index contributed by atoms with van der Waals surface area (Å²) in [5, 5.41) is 3.49. The number of hydrogen-bond acceptors (Lipinski definition) is 1. The third-order valence-electron chi connectivity index (χ3n) is 2.34. The van der Waals surface area contributed by atoms with Crippen molar-refractivity contribution in [2.24, 2.45) is 5.92 Å². The number of unbranched alkanes of at least 4 members (excludes halogenated alkanes) is 3. The summed E-state index contributed by atoms with van der Waals surface area (Å²) in [4.78, 5) is 0. The highest BCUT2D eigenvalue weighted by molar-refractivity contribution is 4.51. The van der Waals surface area contributed by atoms with Gasteiger partial charge in [-0.05, 0) is 31.8 Å². The van der Waals surface area contributed by atoms with Gasteiger partial charge in [-0.25, -0.2) is 0 Å².